The molecule has 0 aliphatic carbocycles. The summed E-state index contributed by atoms with van der Waals surface area (Å²) in [7, 11) is 0. The van der Waals surface area contributed by atoms with Gasteiger partial charge in [0.05, 0.1) is 0 Å². The van der Waals surface area contributed by atoms with E-state index < -0.39 is 11.4 Å². The number of rotatable bonds is 5. The van der Waals surface area contributed by atoms with Crippen molar-refractivity contribution in [3.05, 3.63) is 100 Å². The van der Waals surface area contributed by atoms with Crippen LogP contribution in [0, 0.1) is 12.7 Å². The maximum absolute atomic E-state index is 13.0. The third kappa shape index (κ3) is 3.80. The van der Waals surface area contributed by atoms with Crippen molar-refractivity contribution in [2.24, 2.45) is 0 Å². The second-order valence-electron chi connectivity index (χ2n) is 6.63. The van der Waals surface area contributed by atoms with Gasteiger partial charge in [-0.2, -0.15) is 0 Å². The number of fused-ring (bicyclic) bond motifs is 1. The Balaban J connectivity index is 1.67. The van der Waals surface area contributed by atoms with E-state index in [2.05, 4.69) is 0 Å². The second-order valence-corrected chi connectivity index (χ2v) is 6.63. The Kier molecular flexibility index (Phi) is 4.96. The van der Waals surface area contributed by atoms with Crippen LogP contribution in [0.15, 0.2) is 82.0 Å². The summed E-state index contributed by atoms with van der Waals surface area (Å²) in [5.74, 6) is -0.234. The summed E-state index contributed by atoms with van der Waals surface area (Å²) in [5, 5.41) is 0.783. The molecule has 0 atom stereocenters. The average molecular weight is 388 g/mol. The first-order chi connectivity index (χ1) is 14.0. The van der Waals surface area contributed by atoms with Crippen molar-refractivity contribution in [1.82, 2.24) is 0 Å². The van der Waals surface area contributed by atoms with E-state index in [1.807, 2.05) is 36.4 Å². The molecule has 29 heavy (non-hydrogen) atoms. The molecule has 4 aromatic rings. The lowest BCUT2D eigenvalue weighted by atomic mass is 10.0. The van der Waals surface area contributed by atoms with Crippen LogP contribution >= 0.6 is 0 Å². The lowest BCUT2D eigenvalue weighted by Crippen LogP contribution is -2.12. The first-order valence-corrected chi connectivity index (χ1v) is 9.07. The van der Waals surface area contributed by atoms with E-state index in [4.69, 9.17) is 9.15 Å². The van der Waals surface area contributed by atoms with Crippen LogP contribution in [0.2, 0.25) is 0 Å². The van der Waals surface area contributed by atoms with E-state index in [9.17, 15) is 14.0 Å². The normalized spacial score (nSPS) is 10.8. The predicted molar refractivity (Wildman–Crippen MR) is 109 cm³/mol. The van der Waals surface area contributed by atoms with E-state index in [0.29, 0.717) is 22.5 Å². The number of ketones is 1. The molecule has 4 nitrogen and oxygen atoms in total. The van der Waals surface area contributed by atoms with Crippen LogP contribution in [0.4, 0.5) is 4.39 Å². The van der Waals surface area contributed by atoms with Gasteiger partial charge in [-0.15, -0.1) is 0 Å². The van der Waals surface area contributed by atoms with Gasteiger partial charge in [0.2, 0.25) is 0 Å². The number of hydrogen-bond acceptors (Lipinski definition) is 4. The molecule has 0 N–H and O–H groups in total. The highest BCUT2D eigenvalue weighted by Crippen LogP contribution is 2.33. The number of aryl methyl sites for hydroxylation is 1. The van der Waals surface area contributed by atoms with Crippen LogP contribution in [0.3, 0.4) is 0 Å². The Labute approximate surface area is 166 Å². The van der Waals surface area contributed by atoms with Gasteiger partial charge >= 0.3 is 5.63 Å². The molecule has 0 unspecified atom stereocenters. The predicted octanol–water partition coefficient (Wildman–Crippen LogP) is 5.17. The summed E-state index contributed by atoms with van der Waals surface area (Å²) in [6.07, 6.45) is 0. The molecule has 0 spiro atoms. The van der Waals surface area contributed by atoms with E-state index in [1.165, 1.54) is 30.3 Å². The van der Waals surface area contributed by atoms with E-state index in [1.54, 1.807) is 13.0 Å². The molecule has 0 fully saturated rings. The van der Waals surface area contributed by atoms with Crippen LogP contribution in [0.5, 0.6) is 5.75 Å². The van der Waals surface area contributed by atoms with Gasteiger partial charge in [0, 0.05) is 22.6 Å². The maximum atomic E-state index is 13.0. The Hall–Kier alpha value is -3.73. The number of benzene rings is 3. The quantitative estimate of drug-likeness (QED) is 0.350. The first-order valence-electron chi connectivity index (χ1n) is 9.07. The molecule has 144 valence electrons. The number of halogens is 1. The lowest BCUT2D eigenvalue weighted by Gasteiger charge is -2.12. The smallest absolute Gasteiger partial charge is 0.336 e. The summed E-state index contributed by atoms with van der Waals surface area (Å²) in [6.45, 7) is 1.57. The third-order valence-corrected chi connectivity index (χ3v) is 4.72. The van der Waals surface area contributed by atoms with E-state index in [-0.39, 0.29) is 12.4 Å². The Morgan fingerprint density at radius 2 is 1.72 bits per heavy atom. The van der Waals surface area contributed by atoms with Crippen LogP contribution in [0.1, 0.15) is 15.9 Å². The lowest BCUT2D eigenvalue weighted by molar-refractivity contribution is 0.0921. The summed E-state index contributed by atoms with van der Waals surface area (Å²) >= 11 is 0. The molecule has 5 heteroatoms. The van der Waals surface area contributed by atoms with Crippen molar-refractivity contribution in [2.75, 3.05) is 6.61 Å². The number of carbonyl (C=O) groups excluding carboxylic acids is 1. The molecule has 1 aromatic heterocycles. The number of Topliss-reactive ketones (excluding diaryl/α,β-unsaturated/α-hetero) is 1. The Bertz CT molecular complexity index is 1240. The standard InChI is InChI=1S/C24H17FO4/c1-15-22(28-14-21(26)17-7-9-18(25)10-8-17)12-11-19-20(13-23(27)29-24(15)19)16-5-3-2-4-6-16/h2-13H,14H2,1H3. The highest BCUT2D eigenvalue weighted by atomic mass is 19.1. The monoisotopic (exact) mass is 388 g/mol. The van der Waals surface area contributed by atoms with Gasteiger partial charge < -0.3 is 9.15 Å². The maximum Gasteiger partial charge on any atom is 0.336 e. The minimum atomic E-state index is -0.459. The molecule has 0 bridgehead atoms. The van der Waals surface area contributed by atoms with Crippen LogP contribution in [0.25, 0.3) is 22.1 Å². The molecule has 0 saturated carbocycles. The van der Waals surface area contributed by atoms with Crippen LogP contribution in [-0.4, -0.2) is 12.4 Å². The summed E-state index contributed by atoms with van der Waals surface area (Å²) in [6, 6.07) is 19.9. The van der Waals surface area contributed by atoms with Crippen molar-refractivity contribution < 1.29 is 18.3 Å². The van der Waals surface area contributed by atoms with Gasteiger partial charge in [-0.1, -0.05) is 30.3 Å². The zero-order chi connectivity index (χ0) is 20.4. The van der Waals surface area contributed by atoms with Crippen molar-refractivity contribution >= 4 is 16.8 Å². The fraction of sp³-hybridized carbons (Fsp3) is 0.0833. The molecule has 0 amide bonds. The highest BCUT2D eigenvalue weighted by Gasteiger charge is 2.14. The first kappa shape index (κ1) is 18.6. The summed E-state index contributed by atoms with van der Waals surface area (Å²) in [4.78, 5) is 24.4. The average Bonchev–Trinajstić information content (AvgIpc) is 2.74. The van der Waals surface area contributed by atoms with Crippen molar-refractivity contribution in [2.45, 2.75) is 6.92 Å². The molecule has 0 aliphatic rings. The van der Waals surface area contributed by atoms with Gasteiger partial charge in [-0.3, -0.25) is 4.79 Å². The molecule has 3 aromatic carbocycles. The third-order valence-electron chi connectivity index (χ3n) is 4.72. The highest BCUT2D eigenvalue weighted by molar-refractivity contribution is 5.98. The van der Waals surface area contributed by atoms with Gasteiger partial charge in [-0.05, 0) is 54.4 Å². The van der Waals surface area contributed by atoms with Crippen molar-refractivity contribution in [3.8, 4) is 16.9 Å². The van der Waals surface area contributed by atoms with Gasteiger partial charge in [0.25, 0.3) is 0 Å². The minimum absolute atomic E-state index is 0.208. The largest absolute Gasteiger partial charge is 0.485 e. The number of hydrogen-bond donors (Lipinski definition) is 0. The fourth-order valence-electron chi connectivity index (χ4n) is 3.22. The number of carbonyl (C=O) groups is 1. The van der Waals surface area contributed by atoms with Gasteiger partial charge in [0.1, 0.15) is 17.1 Å². The molecular weight excluding hydrogens is 371 g/mol. The second kappa shape index (κ2) is 7.72. The Morgan fingerprint density at radius 3 is 2.45 bits per heavy atom. The van der Waals surface area contributed by atoms with Crippen LogP contribution < -0.4 is 10.4 Å². The topological polar surface area (TPSA) is 56.5 Å². The Morgan fingerprint density at radius 1 is 1.00 bits per heavy atom. The van der Waals surface area contributed by atoms with Crippen molar-refractivity contribution in [1.29, 1.82) is 0 Å². The zero-order valence-corrected chi connectivity index (χ0v) is 15.6. The molecule has 0 aliphatic heterocycles. The van der Waals surface area contributed by atoms with Gasteiger partial charge in [0.15, 0.2) is 12.4 Å². The van der Waals surface area contributed by atoms with E-state index in [0.717, 1.165) is 16.5 Å². The molecule has 1 heterocycles. The van der Waals surface area contributed by atoms with Gasteiger partial charge in [-0.25, -0.2) is 9.18 Å². The molecular formula is C24H17FO4. The molecule has 0 saturated heterocycles. The minimum Gasteiger partial charge on any atom is -0.485 e. The van der Waals surface area contributed by atoms with Crippen LogP contribution in [-0.2, 0) is 0 Å². The van der Waals surface area contributed by atoms with Crippen molar-refractivity contribution in [3.63, 3.8) is 0 Å². The SMILES string of the molecule is Cc1c(OCC(=O)c2ccc(F)cc2)ccc2c(-c3ccccc3)cc(=O)oc12. The molecule has 4 rings (SSSR count). The fourth-order valence-corrected chi connectivity index (χ4v) is 3.22. The molecule has 0 radical (unpaired) electrons. The summed E-state index contributed by atoms with van der Waals surface area (Å²) < 4.78 is 24.1. The zero-order valence-electron chi connectivity index (χ0n) is 15.6. The number of ether oxygens (including phenoxy) is 1. The van der Waals surface area contributed by atoms with E-state index >= 15 is 0 Å². The summed E-state index contributed by atoms with van der Waals surface area (Å²) in [5.41, 5.74) is 2.63.